The number of nitrogens with two attached hydrogens (primary N) is 1. The Morgan fingerprint density at radius 3 is 2.43 bits per heavy atom. The number of carbonyl (C=O) groups excluding carboxylic acids is 1. The molecule has 0 spiro atoms. The average Bonchev–Trinajstić information content (AvgIpc) is 2.72. The number of allylic oxidation sites excluding steroid dienone is 2. The highest BCUT2D eigenvalue weighted by molar-refractivity contribution is 5.92. The van der Waals surface area contributed by atoms with Crippen LogP contribution in [0.2, 0.25) is 0 Å². The Labute approximate surface area is 164 Å². The van der Waals surface area contributed by atoms with Gasteiger partial charge in [-0.25, -0.2) is 4.79 Å². The van der Waals surface area contributed by atoms with Crippen molar-refractivity contribution in [1.82, 2.24) is 0 Å². The number of esters is 1. The van der Waals surface area contributed by atoms with Gasteiger partial charge in [-0.3, -0.25) is 0 Å². The molecule has 5 heteroatoms. The molecule has 0 radical (unpaired) electrons. The maximum atomic E-state index is 12.9. The topological polar surface area (TPSA) is 85.3 Å². The molecule has 5 nitrogen and oxygen atoms in total. The minimum Gasteiger partial charge on any atom is -0.457 e. The lowest BCUT2D eigenvalue weighted by atomic mass is 9.83. The van der Waals surface area contributed by atoms with Gasteiger partial charge in [-0.15, -0.1) is 0 Å². The largest absolute Gasteiger partial charge is 0.457 e. The first-order chi connectivity index (χ1) is 13.5. The van der Waals surface area contributed by atoms with Crippen LogP contribution in [0.25, 0.3) is 0 Å². The first kappa shape index (κ1) is 19.2. The van der Waals surface area contributed by atoms with Crippen molar-refractivity contribution in [2.24, 2.45) is 5.73 Å². The number of carbonyl (C=O) groups is 1. The van der Waals surface area contributed by atoms with E-state index in [4.69, 9.17) is 15.2 Å². The summed E-state index contributed by atoms with van der Waals surface area (Å²) in [5, 5.41) is 9.65. The predicted molar refractivity (Wildman–Crippen MR) is 105 cm³/mol. The van der Waals surface area contributed by atoms with Crippen LogP contribution in [-0.4, -0.2) is 5.97 Å². The minimum atomic E-state index is -0.618. The molecule has 28 heavy (non-hydrogen) atoms. The van der Waals surface area contributed by atoms with Crippen molar-refractivity contribution in [2.45, 2.75) is 32.8 Å². The highest BCUT2D eigenvalue weighted by Gasteiger charge is 2.36. The maximum Gasteiger partial charge on any atom is 0.338 e. The van der Waals surface area contributed by atoms with Gasteiger partial charge in [0.2, 0.25) is 5.88 Å². The summed E-state index contributed by atoms with van der Waals surface area (Å²) in [7, 11) is 0. The first-order valence-corrected chi connectivity index (χ1v) is 9.13. The van der Waals surface area contributed by atoms with Gasteiger partial charge in [0.25, 0.3) is 0 Å². The van der Waals surface area contributed by atoms with Crippen LogP contribution in [0.4, 0.5) is 0 Å². The minimum absolute atomic E-state index is 0.0178. The van der Waals surface area contributed by atoms with Crippen molar-refractivity contribution in [3.63, 3.8) is 0 Å². The second kappa shape index (κ2) is 8.45. The Morgan fingerprint density at radius 1 is 1.14 bits per heavy atom. The van der Waals surface area contributed by atoms with Crippen molar-refractivity contribution in [3.05, 3.63) is 94.1 Å². The Balaban J connectivity index is 1.94. The number of rotatable bonds is 5. The maximum absolute atomic E-state index is 12.9. The van der Waals surface area contributed by atoms with Gasteiger partial charge < -0.3 is 15.2 Å². The van der Waals surface area contributed by atoms with Crippen LogP contribution in [-0.2, 0) is 27.3 Å². The fourth-order valence-electron chi connectivity index (χ4n) is 3.23. The molecule has 0 unspecified atom stereocenters. The van der Waals surface area contributed by atoms with Gasteiger partial charge in [0.1, 0.15) is 24.0 Å². The van der Waals surface area contributed by atoms with Crippen molar-refractivity contribution < 1.29 is 14.3 Å². The number of hydrogen-bond donors (Lipinski definition) is 1. The van der Waals surface area contributed by atoms with Crippen LogP contribution >= 0.6 is 0 Å². The molecule has 1 aliphatic rings. The Kier molecular flexibility index (Phi) is 5.81. The zero-order valence-corrected chi connectivity index (χ0v) is 15.9. The number of nitriles is 1. The van der Waals surface area contributed by atoms with Gasteiger partial charge in [-0.05, 0) is 30.0 Å². The van der Waals surface area contributed by atoms with Gasteiger partial charge in [0.05, 0.1) is 11.5 Å². The highest BCUT2D eigenvalue weighted by Crippen LogP contribution is 2.39. The Hall–Kier alpha value is -3.52. The van der Waals surface area contributed by atoms with Crippen molar-refractivity contribution >= 4 is 5.97 Å². The number of nitrogens with zero attached hydrogens (tertiary/aromatic N) is 1. The summed E-state index contributed by atoms with van der Waals surface area (Å²) in [6, 6.07) is 19.3. The molecular formula is C23H22N2O3. The highest BCUT2D eigenvalue weighted by atomic mass is 16.5. The van der Waals surface area contributed by atoms with E-state index < -0.39 is 11.9 Å². The van der Waals surface area contributed by atoms with Gasteiger partial charge in [-0.2, -0.15) is 5.26 Å². The van der Waals surface area contributed by atoms with E-state index in [2.05, 4.69) is 13.0 Å². The average molecular weight is 374 g/mol. The summed E-state index contributed by atoms with van der Waals surface area (Å²) < 4.78 is 11.0. The van der Waals surface area contributed by atoms with Crippen LogP contribution in [0.15, 0.2) is 77.4 Å². The number of ether oxygens (including phenoxy) is 2. The smallest absolute Gasteiger partial charge is 0.338 e. The van der Waals surface area contributed by atoms with Crippen molar-refractivity contribution in [1.29, 1.82) is 5.26 Å². The van der Waals surface area contributed by atoms with Crippen molar-refractivity contribution in [3.8, 4) is 6.07 Å². The number of benzene rings is 2. The lowest BCUT2D eigenvalue weighted by Gasteiger charge is -2.27. The van der Waals surface area contributed by atoms with Crippen LogP contribution in [0.3, 0.4) is 0 Å². The molecule has 0 amide bonds. The molecule has 1 heterocycles. The SMILES string of the molecule is CCc1ccc([C@H]2C(C#N)=C(N)OC(C)=C2C(=O)OCc2ccccc2)cc1. The molecule has 1 atom stereocenters. The van der Waals surface area contributed by atoms with Gasteiger partial charge in [0, 0.05) is 0 Å². The molecule has 1 aliphatic heterocycles. The third kappa shape index (κ3) is 3.91. The molecule has 2 aromatic rings. The summed E-state index contributed by atoms with van der Waals surface area (Å²) in [6.45, 7) is 3.87. The molecule has 0 bridgehead atoms. The normalized spacial score (nSPS) is 16.4. The lowest BCUT2D eigenvalue weighted by molar-refractivity contribution is -0.140. The van der Waals surface area contributed by atoms with E-state index in [-0.39, 0.29) is 18.1 Å². The molecule has 0 fully saturated rings. The zero-order chi connectivity index (χ0) is 20.1. The molecule has 2 N–H and O–H groups in total. The van der Waals surface area contributed by atoms with E-state index in [9.17, 15) is 10.1 Å². The molecule has 3 rings (SSSR count). The molecule has 0 aromatic heterocycles. The summed E-state index contributed by atoms with van der Waals surface area (Å²) in [4.78, 5) is 12.9. The number of hydrogen-bond acceptors (Lipinski definition) is 5. The van der Waals surface area contributed by atoms with E-state index in [0.717, 1.165) is 17.5 Å². The molecular weight excluding hydrogens is 352 g/mol. The van der Waals surface area contributed by atoms with Crippen LogP contribution in [0, 0.1) is 11.3 Å². The van der Waals surface area contributed by atoms with E-state index in [1.165, 1.54) is 5.56 Å². The quantitative estimate of drug-likeness (QED) is 0.797. The van der Waals surface area contributed by atoms with E-state index in [1.807, 2.05) is 54.6 Å². The van der Waals surface area contributed by atoms with Crippen LogP contribution < -0.4 is 5.73 Å². The van der Waals surface area contributed by atoms with E-state index in [1.54, 1.807) is 6.92 Å². The predicted octanol–water partition coefficient (Wildman–Crippen LogP) is 4.07. The second-order valence-corrected chi connectivity index (χ2v) is 6.55. The monoisotopic (exact) mass is 374 g/mol. The third-order valence-electron chi connectivity index (χ3n) is 4.76. The molecule has 0 saturated heterocycles. The molecule has 0 saturated carbocycles. The van der Waals surface area contributed by atoms with Crippen LogP contribution in [0.1, 0.15) is 36.5 Å². The fourth-order valence-corrected chi connectivity index (χ4v) is 3.23. The second-order valence-electron chi connectivity index (χ2n) is 6.55. The van der Waals surface area contributed by atoms with E-state index in [0.29, 0.717) is 11.3 Å². The summed E-state index contributed by atoms with van der Waals surface area (Å²) in [6.07, 6.45) is 0.901. The third-order valence-corrected chi connectivity index (χ3v) is 4.76. The Morgan fingerprint density at radius 2 is 1.82 bits per heavy atom. The Bertz CT molecular complexity index is 967. The van der Waals surface area contributed by atoms with Crippen molar-refractivity contribution in [2.75, 3.05) is 0 Å². The zero-order valence-electron chi connectivity index (χ0n) is 15.9. The summed E-state index contributed by atoms with van der Waals surface area (Å²) in [5.41, 5.74) is 9.29. The summed E-state index contributed by atoms with van der Waals surface area (Å²) in [5.74, 6) is -0.776. The molecule has 2 aromatic carbocycles. The standard InChI is InChI=1S/C23H22N2O3/c1-3-16-9-11-18(12-10-16)21-19(13-24)22(25)28-15(2)20(21)23(26)27-14-17-7-5-4-6-8-17/h4-12,21H,3,14,25H2,1-2H3/t21-/m0/s1. The lowest BCUT2D eigenvalue weighted by Crippen LogP contribution is -2.25. The number of aryl methyl sites for hydroxylation is 1. The van der Waals surface area contributed by atoms with Crippen LogP contribution in [0.5, 0.6) is 0 Å². The van der Waals surface area contributed by atoms with E-state index >= 15 is 0 Å². The fraction of sp³-hybridized carbons (Fsp3) is 0.217. The summed E-state index contributed by atoms with van der Waals surface area (Å²) >= 11 is 0. The van der Waals surface area contributed by atoms with Gasteiger partial charge in [0.15, 0.2) is 0 Å². The van der Waals surface area contributed by atoms with Gasteiger partial charge >= 0.3 is 5.97 Å². The van der Waals surface area contributed by atoms with Gasteiger partial charge in [-0.1, -0.05) is 61.5 Å². The molecule has 142 valence electrons. The first-order valence-electron chi connectivity index (χ1n) is 9.13. The molecule has 0 aliphatic carbocycles.